The molecule has 0 fully saturated rings. The first-order valence-corrected chi connectivity index (χ1v) is 8.79. The molecule has 0 spiro atoms. The minimum atomic E-state index is 0.739. The van der Waals surface area contributed by atoms with E-state index in [2.05, 4.69) is 21.7 Å². The number of methoxy groups -OCH3 is 3. The Hall–Kier alpha value is -3.15. The number of aryl methyl sites for hydroxylation is 1. The highest BCUT2D eigenvalue weighted by Crippen LogP contribution is 2.30. The molecular formula is C21H25N3O3. The van der Waals surface area contributed by atoms with Gasteiger partial charge in [0.05, 0.1) is 21.3 Å². The minimum Gasteiger partial charge on any atom is -0.497 e. The maximum absolute atomic E-state index is 5.44. The third kappa shape index (κ3) is 4.34. The molecule has 0 saturated carbocycles. The van der Waals surface area contributed by atoms with Crippen LogP contribution in [-0.4, -0.2) is 39.4 Å². The summed E-state index contributed by atoms with van der Waals surface area (Å²) >= 11 is 0. The number of benzene rings is 2. The topological polar surface area (TPSA) is 64.6 Å². The Balaban J connectivity index is 1.69. The molecule has 6 nitrogen and oxygen atoms in total. The Kier molecular flexibility index (Phi) is 5.86. The van der Waals surface area contributed by atoms with Crippen molar-refractivity contribution in [2.45, 2.75) is 6.92 Å². The molecule has 0 saturated heterocycles. The largest absolute Gasteiger partial charge is 0.497 e. The number of aromatic nitrogens is 1. The Morgan fingerprint density at radius 3 is 2.22 bits per heavy atom. The molecule has 0 bridgehead atoms. The van der Waals surface area contributed by atoms with E-state index in [1.165, 1.54) is 0 Å². The second-order valence-electron chi connectivity index (χ2n) is 6.12. The van der Waals surface area contributed by atoms with Crippen molar-refractivity contribution in [3.8, 4) is 17.2 Å². The average Bonchev–Trinajstić information content (AvgIpc) is 2.70. The van der Waals surface area contributed by atoms with Crippen molar-refractivity contribution in [3.63, 3.8) is 0 Å². The third-order valence-corrected chi connectivity index (χ3v) is 4.27. The monoisotopic (exact) mass is 367 g/mol. The number of pyridine rings is 1. The first-order valence-electron chi connectivity index (χ1n) is 8.79. The van der Waals surface area contributed by atoms with E-state index < -0.39 is 0 Å². The van der Waals surface area contributed by atoms with Gasteiger partial charge >= 0.3 is 0 Å². The minimum absolute atomic E-state index is 0.739. The first-order chi connectivity index (χ1) is 13.1. The van der Waals surface area contributed by atoms with Gasteiger partial charge in [-0.05, 0) is 19.1 Å². The molecule has 27 heavy (non-hydrogen) atoms. The standard InChI is InChI=1S/C21H25N3O3/c1-14-10-19(18-6-5-7-20(27-4)21(18)24-14)23-9-8-22-15-11-16(25-2)13-17(12-15)26-3/h5-7,10-13,22H,8-9H2,1-4H3,(H,23,24). The van der Waals surface area contributed by atoms with Crippen molar-refractivity contribution >= 4 is 22.3 Å². The SMILES string of the molecule is COc1cc(NCCNc2cc(C)nc3c(OC)cccc23)cc(OC)c1. The van der Waals surface area contributed by atoms with Crippen molar-refractivity contribution in [1.82, 2.24) is 4.98 Å². The number of hydrogen-bond acceptors (Lipinski definition) is 6. The van der Waals surface area contributed by atoms with Crippen LogP contribution in [0.15, 0.2) is 42.5 Å². The smallest absolute Gasteiger partial charge is 0.145 e. The Labute approximate surface area is 159 Å². The van der Waals surface area contributed by atoms with Crippen LogP contribution in [0.4, 0.5) is 11.4 Å². The quantitative estimate of drug-likeness (QED) is 0.585. The summed E-state index contributed by atoms with van der Waals surface area (Å²) in [7, 11) is 4.95. The summed E-state index contributed by atoms with van der Waals surface area (Å²) in [6.45, 7) is 3.47. The van der Waals surface area contributed by atoms with Gasteiger partial charge in [0.2, 0.25) is 0 Å². The molecule has 1 aromatic heterocycles. The lowest BCUT2D eigenvalue weighted by molar-refractivity contribution is 0.394. The molecule has 0 radical (unpaired) electrons. The van der Waals surface area contributed by atoms with Gasteiger partial charge in [-0.2, -0.15) is 0 Å². The molecule has 0 unspecified atom stereocenters. The van der Waals surface area contributed by atoms with Gasteiger partial charge in [0.1, 0.15) is 22.8 Å². The highest BCUT2D eigenvalue weighted by molar-refractivity contribution is 5.95. The van der Waals surface area contributed by atoms with Gasteiger partial charge in [-0.3, -0.25) is 0 Å². The summed E-state index contributed by atoms with van der Waals surface area (Å²) in [6, 6.07) is 13.7. The molecular weight excluding hydrogens is 342 g/mol. The van der Waals surface area contributed by atoms with Crippen LogP contribution in [0.2, 0.25) is 0 Å². The van der Waals surface area contributed by atoms with Gasteiger partial charge in [0.25, 0.3) is 0 Å². The zero-order valence-corrected chi connectivity index (χ0v) is 16.1. The van der Waals surface area contributed by atoms with Crippen LogP contribution in [0.25, 0.3) is 10.9 Å². The van der Waals surface area contributed by atoms with Crippen molar-refractivity contribution in [3.05, 3.63) is 48.2 Å². The van der Waals surface area contributed by atoms with Gasteiger partial charge < -0.3 is 24.8 Å². The Morgan fingerprint density at radius 2 is 1.56 bits per heavy atom. The number of ether oxygens (including phenoxy) is 3. The summed E-state index contributed by atoms with van der Waals surface area (Å²) < 4.78 is 16.0. The highest BCUT2D eigenvalue weighted by atomic mass is 16.5. The maximum atomic E-state index is 5.44. The van der Waals surface area contributed by atoms with Crippen LogP contribution >= 0.6 is 0 Å². The lowest BCUT2D eigenvalue weighted by atomic mass is 10.1. The Bertz CT molecular complexity index is 906. The van der Waals surface area contributed by atoms with Crippen molar-refractivity contribution in [2.24, 2.45) is 0 Å². The second-order valence-corrected chi connectivity index (χ2v) is 6.12. The van der Waals surface area contributed by atoms with E-state index in [0.717, 1.165) is 58.3 Å². The van der Waals surface area contributed by atoms with E-state index in [1.54, 1.807) is 21.3 Å². The van der Waals surface area contributed by atoms with Crippen LogP contribution < -0.4 is 24.8 Å². The van der Waals surface area contributed by atoms with Gasteiger partial charge in [-0.1, -0.05) is 12.1 Å². The normalized spacial score (nSPS) is 10.5. The summed E-state index contributed by atoms with van der Waals surface area (Å²) in [4.78, 5) is 4.61. The predicted octanol–water partition coefficient (Wildman–Crippen LogP) is 4.09. The molecule has 6 heteroatoms. The molecule has 3 rings (SSSR count). The zero-order valence-electron chi connectivity index (χ0n) is 16.1. The number of fused-ring (bicyclic) bond motifs is 1. The predicted molar refractivity (Wildman–Crippen MR) is 110 cm³/mol. The van der Waals surface area contributed by atoms with E-state index in [-0.39, 0.29) is 0 Å². The first kappa shape index (κ1) is 18.6. The van der Waals surface area contributed by atoms with Crippen LogP contribution in [0.5, 0.6) is 17.2 Å². The second kappa shape index (κ2) is 8.49. The summed E-state index contributed by atoms with van der Waals surface area (Å²) in [5.74, 6) is 2.29. The van der Waals surface area contributed by atoms with E-state index in [1.807, 2.05) is 43.3 Å². The fourth-order valence-corrected chi connectivity index (χ4v) is 2.97. The maximum Gasteiger partial charge on any atom is 0.145 e. The average molecular weight is 367 g/mol. The highest BCUT2D eigenvalue weighted by Gasteiger charge is 2.08. The lowest BCUT2D eigenvalue weighted by Gasteiger charge is -2.14. The fraction of sp³-hybridized carbons (Fsp3) is 0.286. The molecule has 2 aromatic carbocycles. The fourth-order valence-electron chi connectivity index (χ4n) is 2.97. The number of hydrogen-bond donors (Lipinski definition) is 2. The number of nitrogens with zero attached hydrogens (tertiary/aromatic N) is 1. The summed E-state index contributed by atoms with van der Waals surface area (Å²) in [5.41, 5.74) is 3.81. The molecule has 0 atom stereocenters. The van der Waals surface area contributed by atoms with E-state index in [4.69, 9.17) is 14.2 Å². The Morgan fingerprint density at radius 1 is 0.852 bits per heavy atom. The summed E-state index contributed by atoms with van der Waals surface area (Å²) in [5, 5.41) is 7.92. The molecule has 2 N–H and O–H groups in total. The molecule has 0 aliphatic heterocycles. The van der Waals surface area contributed by atoms with E-state index in [9.17, 15) is 0 Å². The van der Waals surface area contributed by atoms with Gasteiger partial charge in [-0.15, -0.1) is 0 Å². The zero-order chi connectivity index (χ0) is 19.2. The van der Waals surface area contributed by atoms with Crippen LogP contribution in [-0.2, 0) is 0 Å². The van der Waals surface area contributed by atoms with E-state index in [0.29, 0.717) is 0 Å². The molecule has 0 amide bonds. The van der Waals surface area contributed by atoms with Gasteiger partial charge in [0.15, 0.2) is 0 Å². The van der Waals surface area contributed by atoms with Gasteiger partial charge in [0, 0.05) is 53.7 Å². The van der Waals surface area contributed by atoms with Crippen molar-refractivity contribution in [1.29, 1.82) is 0 Å². The molecule has 0 aliphatic rings. The number of para-hydroxylation sites is 1. The lowest BCUT2D eigenvalue weighted by Crippen LogP contribution is -2.14. The van der Waals surface area contributed by atoms with Crippen molar-refractivity contribution < 1.29 is 14.2 Å². The van der Waals surface area contributed by atoms with Gasteiger partial charge in [-0.25, -0.2) is 4.98 Å². The number of anilines is 2. The molecule has 0 aliphatic carbocycles. The molecule has 3 aromatic rings. The van der Waals surface area contributed by atoms with Crippen LogP contribution in [0.1, 0.15) is 5.69 Å². The number of rotatable bonds is 8. The summed E-state index contributed by atoms with van der Waals surface area (Å²) in [6.07, 6.45) is 0. The van der Waals surface area contributed by atoms with Crippen LogP contribution in [0.3, 0.4) is 0 Å². The van der Waals surface area contributed by atoms with Crippen LogP contribution in [0, 0.1) is 6.92 Å². The molecule has 1 heterocycles. The third-order valence-electron chi connectivity index (χ3n) is 4.27. The molecule has 142 valence electrons. The van der Waals surface area contributed by atoms with E-state index >= 15 is 0 Å². The van der Waals surface area contributed by atoms with Crippen molar-refractivity contribution in [2.75, 3.05) is 45.1 Å². The number of nitrogens with one attached hydrogen (secondary N) is 2.